The Labute approximate surface area is 156 Å². The zero-order chi connectivity index (χ0) is 18.7. The Morgan fingerprint density at radius 1 is 0.923 bits per heavy atom. The molecule has 0 saturated carbocycles. The van der Waals surface area contributed by atoms with E-state index in [0.29, 0.717) is 0 Å². The molecule has 1 N–H and O–H groups in total. The number of anilines is 2. The van der Waals surface area contributed by atoms with E-state index in [1.165, 1.54) is 24.9 Å². The first-order chi connectivity index (χ1) is 12.4. The fourth-order valence-electron chi connectivity index (χ4n) is 3.66. The molecule has 138 valence electrons. The minimum atomic E-state index is -1.06. The third kappa shape index (κ3) is 3.41. The Kier molecular flexibility index (Phi) is 5.21. The van der Waals surface area contributed by atoms with E-state index in [1.807, 2.05) is 55.4 Å². The normalized spacial score (nSPS) is 16.8. The summed E-state index contributed by atoms with van der Waals surface area (Å²) in [5.41, 5.74) is 2.78. The number of carbonyl (C=O) groups is 1. The van der Waals surface area contributed by atoms with Crippen molar-refractivity contribution in [2.24, 2.45) is 0 Å². The van der Waals surface area contributed by atoms with Crippen LogP contribution in [0.1, 0.15) is 37.3 Å². The van der Waals surface area contributed by atoms with Crippen molar-refractivity contribution in [1.29, 1.82) is 0 Å². The minimum Gasteiger partial charge on any atom is -0.480 e. The molecule has 1 aliphatic rings. The van der Waals surface area contributed by atoms with Gasteiger partial charge in [0.25, 0.3) is 0 Å². The predicted molar refractivity (Wildman–Crippen MR) is 107 cm³/mol. The molecule has 0 spiro atoms. The van der Waals surface area contributed by atoms with Gasteiger partial charge in [-0.05, 0) is 61.6 Å². The van der Waals surface area contributed by atoms with Crippen LogP contribution in [0, 0.1) is 0 Å². The van der Waals surface area contributed by atoms with E-state index < -0.39 is 11.4 Å². The summed E-state index contributed by atoms with van der Waals surface area (Å²) in [5.74, 6) is -0.833. The number of carboxylic acids is 1. The SMILES string of the molecule is CN(C)c1ccc(C(C)(C(=O)O)c2ccc(N3CCCCC3)cc2)cc1. The molecule has 1 atom stereocenters. The van der Waals surface area contributed by atoms with E-state index in [0.717, 1.165) is 29.9 Å². The monoisotopic (exact) mass is 352 g/mol. The maximum atomic E-state index is 12.2. The molecule has 0 amide bonds. The lowest BCUT2D eigenvalue weighted by atomic mass is 9.76. The largest absolute Gasteiger partial charge is 0.480 e. The molecule has 4 heteroatoms. The summed E-state index contributed by atoms with van der Waals surface area (Å²) in [4.78, 5) is 16.6. The molecule has 0 aromatic heterocycles. The molecule has 26 heavy (non-hydrogen) atoms. The quantitative estimate of drug-likeness (QED) is 0.878. The Morgan fingerprint density at radius 3 is 1.88 bits per heavy atom. The molecule has 1 unspecified atom stereocenters. The van der Waals surface area contributed by atoms with Crippen LogP contribution in [-0.2, 0) is 10.2 Å². The van der Waals surface area contributed by atoms with Crippen molar-refractivity contribution in [1.82, 2.24) is 0 Å². The minimum absolute atomic E-state index is 0.793. The maximum Gasteiger partial charge on any atom is 0.318 e. The van der Waals surface area contributed by atoms with Crippen molar-refractivity contribution in [3.05, 3.63) is 59.7 Å². The van der Waals surface area contributed by atoms with Gasteiger partial charge in [-0.1, -0.05) is 24.3 Å². The average Bonchev–Trinajstić information content (AvgIpc) is 2.68. The molecule has 0 radical (unpaired) electrons. The number of nitrogens with zero attached hydrogens (tertiary/aromatic N) is 2. The summed E-state index contributed by atoms with van der Waals surface area (Å²) in [6.45, 7) is 3.96. The highest BCUT2D eigenvalue weighted by Gasteiger charge is 2.37. The van der Waals surface area contributed by atoms with Crippen LogP contribution in [0.3, 0.4) is 0 Å². The van der Waals surface area contributed by atoms with Gasteiger partial charge in [0.15, 0.2) is 0 Å². The standard InChI is InChI=1S/C22H28N2O2/c1-22(21(25)26,17-7-11-19(12-8-17)23(2)3)18-9-13-20(14-10-18)24-15-5-4-6-16-24/h7-14H,4-6,15-16H2,1-3H3,(H,25,26). The van der Waals surface area contributed by atoms with Crippen molar-refractivity contribution in [2.75, 3.05) is 37.0 Å². The van der Waals surface area contributed by atoms with Gasteiger partial charge in [-0.25, -0.2) is 0 Å². The van der Waals surface area contributed by atoms with Crippen LogP contribution in [-0.4, -0.2) is 38.3 Å². The van der Waals surface area contributed by atoms with Crippen LogP contribution in [0.5, 0.6) is 0 Å². The first-order valence-electron chi connectivity index (χ1n) is 9.29. The van der Waals surface area contributed by atoms with Crippen LogP contribution in [0.15, 0.2) is 48.5 Å². The maximum absolute atomic E-state index is 12.2. The Bertz CT molecular complexity index is 747. The van der Waals surface area contributed by atoms with E-state index in [1.54, 1.807) is 6.92 Å². The van der Waals surface area contributed by atoms with Crippen LogP contribution in [0.2, 0.25) is 0 Å². The number of piperidine rings is 1. The molecule has 1 heterocycles. The first-order valence-corrected chi connectivity index (χ1v) is 9.29. The number of rotatable bonds is 5. The van der Waals surface area contributed by atoms with Gasteiger partial charge in [0, 0.05) is 38.6 Å². The number of benzene rings is 2. The molecular formula is C22H28N2O2. The second kappa shape index (κ2) is 7.40. The van der Waals surface area contributed by atoms with Crippen LogP contribution in [0.25, 0.3) is 0 Å². The molecule has 1 fully saturated rings. The zero-order valence-electron chi connectivity index (χ0n) is 15.9. The second-order valence-corrected chi connectivity index (χ2v) is 7.47. The van der Waals surface area contributed by atoms with Crippen molar-refractivity contribution in [3.8, 4) is 0 Å². The van der Waals surface area contributed by atoms with Crippen LogP contribution >= 0.6 is 0 Å². The zero-order valence-corrected chi connectivity index (χ0v) is 15.9. The lowest BCUT2D eigenvalue weighted by Gasteiger charge is -2.30. The van der Waals surface area contributed by atoms with E-state index in [2.05, 4.69) is 17.0 Å². The van der Waals surface area contributed by atoms with Crippen molar-refractivity contribution < 1.29 is 9.90 Å². The predicted octanol–water partition coefficient (Wildman–Crippen LogP) is 4.13. The Hall–Kier alpha value is -2.49. The Balaban J connectivity index is 1.92. The highest BCUT2D eigenvalue weighted by molar-refractivity contribution is 5.86. The third-order valence-corrected chi connectivity index (χ3v) is 5.55. The number of hydrogen-bond acceptors (Lipinski definition) is 3. The average molecular weight is 352 g/mol. The highest BCUT2D eigenvalue weighted by Crippen LogP contribution is 2.34. The molecule has 0 bridgehead atoms. The van der Waals surface area contributed by atoms with Gasteiger partial charge < -0.3 is 14.9 Å². The van der Waals surface area contributed by atoms with E-state index in [9.17, 15) is 9.90 Å². The lowest BCUT2D eigenvalue weighted by molar-refractivity contribution is -0.141. The van der Waals surface area contributed by atoms with Crippen LogP contribution in [0.4, 0.5) is 11.4 Å². The number of aliphatic carboxylic acids is 1. The van der Waals surface area contributed by atoms with Crippen molar-refractivity contribution in [2.45, 2.75) is 31.6 Å². The third-order valence-electron chi connectivity index (χ3n) is 5.55. The lowest BCUT2D eigenvalue weighted by Crippen LogP contribution is -2.34. The number of carboxylic acid groups (broad SMARTS) is 1. The van der Waals surface area contributed by atoms with E-state index >= 15 is 0 Å². The molecule has 1 aliphatic heterocycles. The number of hydrogen-bond donors (Lipinski definition) is 1. The molecule has 1 saturated heterocycles. The summed E-state index contributed by atoms with van der Waals surface area (Å²) in [6, 6.07) is 15.9. The molecular weight excluding hydrogens is 324 g/mol. The van der Waals surface area contributed by atoms with E-state index in [-0.39, 0.29) is 0 Å². The highest BCUT2D eigenvalue weighted by atomic mass is 16.4. The summed E-state index contributed by atoms with van der Waals surface area (Å²) >= 11 is 0. The van der Waals surface area contributed by atoms with Gasteiger partial charge in [0.1, 0.15) is 5.41 Å². The summed E-state index contributed by atoms with van der Waals surface area (Å²) in [7, 11) is 3.95. The summed E-state index contributed by atoms with van der Waals surface area (Å²) < 4.78 is 0. The van der Waals surface area contributed by atoms with Crippen molar-refractivity contribution in [3.63, 3.8) is 0 Å². The van der Waals surface area contributed by atoms with Gasteiger partial charge >= 0.3 is 5.97 Å². The van der Waals surface area contributed by atoms with Crippen molar-refractivity contribution >= 4 is 17.3 Å². The van der Waals surface area contributed by atoms with Gasteiger partial charge in [-0.2, -0.15) is 0 Å². The Morgan fingerprint density at radius 2 is 1.42 bits per heavy atom. The topological polar surface area (TPSA) is 43.8 Å². The van der Waals surface area contributed by atoms with Gasteiger partial charge in [-0.3, -0.25) is 4.79 Å². The molecule has 2 aromatic rings. The summed E-state index contributed by atoms with van der Waals surface area (Å²) in [5, 5.41) is 10.0. The molecule has 0 aliphatic carbocycles. The smallest absolute Gasteiger partial charge is 0.318 e. The first kappa shape index (κ1) is 18.3. The molecule has 4 nitrogen and oxygen atoms in total. The second-order valence-electron chi connectivity index (χ2n) is 7.47. The van der Waals surface area contributed by atoms with E-state index in [4.69, 9.17) is 0 Å². The fraction of sp³-hybridized carbons (Fsp3) is 0.409. The van der Waals surface area contributed by atoms with Gasteiger partial charge in [0.05, 0.1) is 0 Å². The fourth-order valence-corrected chi connectivity index (χ4v) is 3.66. The van der Waals surface area contributed by atoms with Crippen LogP contribution < -0.4 is 9.80 Å². The van der Waals surface area contributed by atoms with Gasteiger partial charge in [-0.15, -0.1) is 0 Å². The molecule has 2 aromatic carbocycles. The summed E-state index contributed by atoms with van der Waals surface area (Å²) in [6.07, 6.45) is 3.76. The van der Waals surface area contributed by atoms with Gasteiger partial charge in [0.2, 0.25) is 0 Å². The molecule has 3 rings (SSSR count).